The molecule has 0 aliphatic carbocycles. The van der Waals surface area contributed by atoms with Crippen molar-refractivity contribution in [1.29, 1.82) is 0 Å². The van der Waals surface area contributed by atoms with Gasteiger partial charge in [-0.05, 0) is 42.8 Å². The Hall–Kier alpha value is -1.02. The molecule has 66 valence electrons. The van der Waals surface area contributed by atoms with Gasteiger partial charge < -0.3 is 4.57 Å². The smallest absolute Gasteiger partial charge is 0.0452 e. The first-order valence-electron chi connectivity index (χ1n) is 4.17. The van der Waals surface area contributed by atoms with E-state index < -0.39 is 0 Å². The minimum absolute atomic E-state index is 1.16. The van der Waals surface area contributed by atoms with Crippen LogP contribution in [0, 0.1) is 6.92 Å². The minimum Gasteiger partial charge on any atom is -0.324 e. The number of nitrogens with zero attached hydrogens (tertiary/aromatic N) is 1. The molecule has 1 heterocycles. The van der Waals surface area contributed by atoms with Crippen molar-refractivity contribution in [2.24, 2.45) is 0 Å². The van der Waals surface area contributed by atoms with Crippen LogP contribution in [0.1, 0.15) is 5.56 Å². The first-order valence-corrected chi connectivity index (χ1v) is 4.96. The predicted molar refractivity (Wildman–Crippen MR) is 58.2 cm³/mol. The van der Waals surface area contributed by atoms with Gasteiger partial charge in [0.15, 0.2) is 0 Å². The highest BCUT2D eigenvalue weighted by Gasteiger charge is 1.97. The lowest BCUT2D eigenvalue weighted by atomic mass is 10.2. The van der Waals surface area contributed by atoms with Crippen molar-refractivity contribution < 1.29 is 0 Å². The van der Waals surface area contributed by atoms with Gasteiger partial charge in [-0.2, -0.15) is 0 Å². The molecule has 0 aliphatic rings. The van der Waals surface area contributed by atoms with Gasteiger partial charge in [-0.25, -0.2) is 0 Å². The molecular formula is C11H10BrN. The molecule has 0 spiro atoms. The Morgan fingerprint density at radius 3 is 2.46 bits per heavy atom. The average molecular weight is 236 g/mol. The van der Waals surface area contributed by atoms with Crippen molar-refractivity contribution in [3.05, 3.63) is 52.8 Å². The van der Waals surface area contributed by atoms with Crippen LogP contribution < -0.4 is 0 Å². The number of hydrogen-bond donors (Lipinski definition) is 0. The summed E-state index contributed by atoms with van der Waals surface area (Å²) in [6, 6.07) is 10.4. The Labute approximate surface area is 86.1 Å². The SMILES string of the molecule is Cc1cc(-n2cccc2)ccc1Br. The predicted octanol–water partition coefficient (Wildman–Crippen LogP) is 3.55. The number of hydrogen-bond acceptors (Lipinski definition) is 0. The maximum Gasteiger partial charge on any atom is 0.0452 e. The maximum atomic E-state index is 3.48. The quantitative estimate of drug-likeness (QED) is 0.713. The molecule has 1 nitrogen and oxygen atoms in total. The molecule has 0 atom stereocenters. The normalized spacial score (nSPS) is 10.3. The number of halogens is 1. The second-order valence-corrected chi connectivity index (χ2v) is 3.88. The van der Waals surface area contributed by atoms with Crippen molar-refractivity contribution in [3.8, 4) is 5.69 Å². The summed E-state index contributed by atoms with van der Waals surface area (Å²) in [7, 11) is 0. The summed E-state index contributed by atoms with van der Waals surface area (Å²) < 4.78 is 3.25. The molecule has 0 saturated heterocycles. The molecule has 2 heteroatoms. The summed E-state index contributed by atoms with van der Waals surface area (Å²) in [6.45, 7) is 2.09. The molecule has 13 heavy (non-hydrogen) atoms. The summed E-state index contributed by atoms with van der Waals surface area (Å²) in [5.74, 6) is 0. The maximum absolute atomic E-state index is 3.48. The second-order valence-electron chi connectivity index (χ2n) is 3.02. The summed E-state index contributed by atoms with van der Waals surface area (Å²) in [5, 5.41) is 0. The topological polar surface area (TPSA) is 4.93 Å². The first-order chi connectivity index (χ1) is 6.27. The molecule has 0 unspecified atom stereocenters. The van der Waals surface area contributed by atoms with Crippen LogP contribution in [0.25, 0.3) is 5.69 Å². The standard InChI is InChI=1S/C11H10BrN/c1-9-8-10(4-5-11(9)12)13-6-2-3-7-13/h2-8H,1H3. The van der Waals surface area contributed by atoms with Gasteiger partial charge in [-0.3, -0.25) is 0 Å². The third-order valence-corrected chi connectivity index (χ3v) is 2.93. The van der Waals surface area contributed by atoms with E-state index in [1.54, 1.807) is 0 Å². The lowest BCUT2D eigenvalue weighted by Crippen LogP contribution is -1.89. The zero-order chi connectivity index (χ0) is 9.26. The van der Waals surface area contributed by atoms with E-state index in [4.69, 9.17) is 0 Å². The van der Waals surface area contributed by atoms with Crippen molar-refractivity contribution in [3.63, 3.8) is 0 Å². The first kappa shape index (κ1) is 8.57. The lowest BCUT2D eigenvalue weighted by Gasteiger charge is -2.04. The molecule has 0 N–H and O–H groups in total. The molecular weight excluding hydrogens is 226 g/mol. The van der Waals surface area contributed by atoms with Crippen LogP contribution in [0.3, 0.4) is 0 Å². The molecule has 1 aromatic heterocycles. The van der Waals surface area contributed by atoms with Crippen LogP contribution in [0.4, 0.5) is 0 Å². The zero-order valence-electron chi connectivity index (χ0n) is 7.37. The van der Waals surface area contributed by atoms with Crippen LogP contribution in [-0.2, 0) is 0 Å². The van der Waals surface area contributed by atoms with E-state index in [0.29, 0.717) is 0 Å². The summed E-state index contributed by atoms with van der Waals surface area (Å²) in [5.41, 5.74) is 2.46. The van der Waals surface area contributed by atoms with E-state index in [1.165, 1.54) is 11.3 Å². The van der Waals surface area contributed by atoms with Gasteiger partial charge in [-0.1, -0.05) is 15.9 Å². The third-order valence-electron chi connectivity index (χ3n) is 2.04. The lowest BCUT2D eigenvalue weighted by molar-refractivity contribution is 1.07. The Morgan fingerprint density at radius 1 is 1.15 bits per heavy atom. The highest BCUT2D eigenvalue weighted by molar-refractivity contribution is 9.10. The van der Waals surface area contributed by atoms with E-state index in [0.717, 1.165) is 4.47 Å². The molecule has 0 fully saturated rings. The van der Waals surface area contributed by atoms with Crippen molar-refractivity contribution in [2.45, 2.75) is 6.92 Å². The fourth-order valence-electron chi connectivity index (χ4n) is 1.30. The molecule has 2 rings (SSSR count). The fraction of sp³-hybridized carbons (Fsp3) is 0.0909. The molecule has 0 amide bonds. The molecule has 0 bridgehead atoms. The van der Waals surface area contributed by atoms with E-state index >= 15 is 0 Å². The summed E-state index contributed by atoms with van der Waals surface area (Å²) in [4.78, 5) is 0. The van der Waals surface area contributed by atoms with Crippen LogP contribution >= 0.6 is 15.9 Å². The highest BCUT2D eigenvalue weighted by atomic mass is 79.9. The van der Waals surface area contributed by atoms with Gasteiger partial charge in [0.1, 0.15) is 0 Å². The molecule has 2 aromatic rings. The van der Waals surface area contributed by atoms with Crippen LogP contribution in [-0.4, -0.2) is 4.57 Å². The summed E-state index contributed by atoms with van der Waals surface area (Å²) >= 11 is 3.48. The zero-order valence-corrected chi connectivity index (χ0v) is 8.95. The van der Waals surface area contributed by atoms with Crippen molar-refractivity contribution >= 4 is 15.9 Å². The van der Waals surface area contributed by atoms with Gasteiger partial charge in [0, 0.05) is 22.6 Å². The van der Waals surface area contributed by atoms with Crippen LogP contribution in [0.2, 0.25) is 0 Å². The van der Waals surface area contributed by atoms with Gasteiger partial charge in [0.2, 0.25) is 0 Å². The molecule has 0 saturated carbocycles. The van der Waals surface area contributed by atoms with Crippen LogP contribution in [0.15, 0.2) is 47.2 Å². The van der Waals surface area contributed by atoms with E-state index in [-0.39, 0.29) is 0 Å². The average Bonchev–Trinajstić information content (AvgIpc) is 2.62. The highest BCUT2D eigenvalue weighted by Crippen LogP contribution is 2.19. The molecule has 1 aromatic carbocycles. The Kier molecular flexibility index (Phi) is 2.23. The second kappa shape index (κ2) is 3.38. The fourth-order valence-corrected chi connectivity index (χ4v) is 1.54. The summed E-state index contributed by atoms with van der Waals surface area (Å²) in [6.07, 6.45) is 4.09. The largest absolute Gasteiger partial charge is 0.324 e. The van der Waals surface area contributed by atoms with Crippen molar-refractivity contribution in [1.82, 2.24) is 4.57 Å². The Balaban J connectivity index is 2.49. The van der Waals surface area contributed by atoms with E-state index in [2.05, 4.69) is 45.6 Å². The van der Waals surface area contributed by atoms with E-state index in [9.17, 15) is 0 Å². The number of benzene rings is 1. The Morgan fingerprint density at radius 2 is 1.85 bits per heavy atom. The molecule has 0 radical (unpaired) electrons. The molecule has 0 aliphatic heterocycles. The van der Waals surface area contributed by atoms with Gasteiger partial charge >= 0.3 is 0 Å². The number of rotatable bonds is 1. The van der Waals surface area contributed by atoms with Crippen LogP contribution in [0.5, 0.6) is 0 Å². The van der Waals surface area contributed by atoms with Gasteiger partial charge in [0.05, 0.1) is 0 Å². The minimum atomic E-state index is 1.16. The van der Waals surface area contributed by atoms with E-state index in [1.807, 2.05) is 24.5 Å². The van der Waals surface area contributed by atoms with Gasteiger partial charge in [-0.15, -0.1) is 0 Å². The van der Waals surface area contributed by atoms with Crippen molar-refractivity contribution in [2.75, 3.05) is 0 Å². The number of aromatic nitrogens is 1. The monoisotopic (exact) mass is 235 g/mol. The Bertz CT molecular complexity index is 404. The number of aryl methyl sites for hydroxylation is 1. The third kappa shape index (κ3) is 1.68. The van der Waals surface area contributed by atoms with Gasteiger partial charge in [0.25, 0.3) is 0 Å².